The minimum absolute atomic E-state index is 0.0742. The molecule has 0 saturated heterocycles. The van der Waals surface area contributed by atoms with E-state index in [4.69, 9.17) is 14.6 Å². The van der Waals surface area contributed by atoms with E-state index < -0.39 is 10.9 Å². The van der Waals surface area contributed by atoms with Crippen LogP contribution in [0.25, 0.3) is 5.69 Å². The molecule has 1 heterocycles. The summed E-state index contributed by atoms with van der Waals surface area (Å²) in [5, 5.41) is 23.8. The second-order valence-electron chi connectivity index (χ2n) is 3.93. The smallest absolute Gasteiger partial charge is 0.338 e. The number of nitro groups is 1. The fraction of sp³-hybridized carbons (Fsp3) is 0.167. The molecule has 0 fully saturated rings. The first-order valence-corrected chi connectivity index (χ1v) is 5.66. The predicted octanol–water partition coefficient (Wildman–Crippen LogP) is 1.50. The highest BCUT2D eigenvalue weighted by atomic mass is 16.6. The van der Waals surface area contributed by atoms with Gasteiger partial charge in [-0.3, -0.25) is 10.1 Å². The van der Waals surface area contributed by atoms with Gasteiger partial charge in [0.1, 0.15) is 5.69 Å². The first kappa shape index (κ1) is 14.3. The Kier molecular flexibility index (Phi) is 3.74. The molecule has 0 spiro atoms. The van der Waals surface area contributed by atoms with Gasteiger partial charge in [-0.05, 0) is 0 Å². The minimum Gasteiger partial charge on any atom is -0.493 e. The van der Waals surface area contributed by atoms with Crippen molar-refractivity contribution in [1.29, 1.82) is 0 Å². The topological polar surface area (TPSA) is 117 Å². The highest BCUT2D eigenvalue weighted by Gasteiger charge is 2.22. The monoisotopic (exact) mass is 293 g/mol. The average molecular weight is 293 g/mol. The summed E-state index contributed by atoms with van der Waals surface area (Å²) in [7, 11) is 2.75. The lowest BCUT2D eigenvalue weighted by atomic mass is 10.2. The molecule has 21 heavy (non-hydrogen) atoms. The van der Waals surface area contributed by atoms with E-state index in [1.807, 2.05) is 0 Å². The van der Waals surface area contributed by atoms with Crippen LogP contribution in [0.1, 0.15) is 10.4 Å². The third-order valence-corrected chi connectivity index (χ3v) is 2.75. The van der Waals surface area contributed by atoms with Gasteiger partial charge in [0.05, 0.1) is 37.0 Å². The summed E-state index contributed by atoms with van der Waals surface area (Å²) in [5.74, 6) is -0.714. The molecule has 9 heteroatoms. The Bertz CT molecular complexity index is 709. The maximum absolute atomic E-state index is 11.2. The molecular weight excluding hydrogens is 282 g/mol. The summed E-state index contributed by atoms with van der Waals surface area (Å²) in [6.45, 7) is 0. The van der Waals surface area contributed by atoms with Crippen LogP contribution in [-0.2, 0) is 0 Å². The van der Waals surface area contributed by atoms with E-state index in [0.29, 0.717) is 0 Å². The summed E-state index contributed by atoms with van der Waals surface area (Å²) >= 11 is 0. The third-order valence-electron chi connectivity index (χ3n) is 2.75. The SMILES string of the molecule is COc1cc(-n2cc(C(=O)O)cn2)c([N+](=O)[O-])cc1OC. The third kappa shape index (κ3) is 2.61. The van der Waals surface area contributed by atoms with Crippen molar-refractivity contribution in [3.8, 4) is 17.2 Å². The number of methoxy groups -OCH3 is 2. The van der Waals surface area contributed by atoms with E-state index in [-0.39, 0.29) is 28.4 Å². The van der Waals surface area contributed by atoms with Crippen molar-refractivity contribution in [3.63, 3.8) is 0 Å². The van der Waals surface area contributed by atoms with Crippen LogP contribution in [0.2, 0.25) is 0 Å². The maximum atomic E-state index is 11.2. The normalized spacial score (nSPS) is 10.2. The van der Waals surface area contributed by atoms with Crippen molar-refractivity contribution >= 4 is 11.7 Å². The number of carboxylic acids is 1. The van der Waals surface area contributed by atoms with E-state index in [1.54, 1.807) is 0 Å². The van der Waals surface area contributed by atoms with Crippen LogP contribution in [0.4, 0.5) is 5.69 Å². The number of rotatable bonds is 5. The lowest BCUT2D eigenvalue weighted by Gasteiger charge is -2.10. The van der Waals surface area contributed by atoms with Gasteiger partial charge in [-0.2, -0.15) is 5.10 Å². The number of carbonyl (C=O) groups is 1. The highest BCUT2D eigenvalue weighted by molar-refractivity contribution is 5.87. The van der Waals surface area contributed by atoms with Crippen molar-refractivity contribution in [2.24, 2.45) is 0 Å². The molecule has 2 rings (SSSR count). The summed E-state index contributed by atoms with van der Waals surface area (Å²) < 4.78 is 11.2. The lowest BCUT2D eigenvalue weighted by molar-refractivity contribution is -0.384. The molecule has 0 atom stereocenters. The lowest BCUT2D eigenvalue weighted by Crippen LogP contribution is -2.03. The zero-order valence-corrected chi connectivity index (χ0v) is 11.1. The average Bonchev–Trinajstić information content (AvgIpc) is 2.95. The van der Waals surface area contributed by atoms with Crippen LogP contribution in [-0.4, -0.2) is 40.0 Å². The van der Waals surface area contributed by atoms with Crippen LogP contribution in [0, 0.1) is 10.1 Å². The molecule has 0 bridgehead atoms. The Balaban J connectivity index is 2.64. The molecular formula is C12H11N3O6. The molecule has 0 aliphatic carbocycles. The number of benzene rings is 1. The molecule has 0 unspecified atom stereocenters. The number of nitrogens with zero attached hydrogens (tertiary/aromatic N) is 3. The van der Waals surface area contributed by atoms with Gasteiger partial charge < -0.3 is 14.6 Å². The first-order chi connectivity index (χ1) is 9.97. The second kappa shape index (κ2) is 5.49. The van der Waals surface area contributed by atoms with E-state index >= 15 is 0 Å². The van der Waals surface area contributed by atoms with Crippen LogP contribution < -0.4 is 9.47 Å². The molecule has 0 amide bonds. The van der Waals surface area contributed by atoms with Gasteiger partial charge in [0.25, 0.3) is 5.69 Å². The van der Waals surface area contributed by atoms with Gasteiger partial charge in [0.15, 0.2) is 11.5 Å². The van der Waals surface area contributed by atoms with Crippen LogP contribution in [0.5, 0.6) is 11.5 Å². The Morgan fingerprint density at radius 1 is 1.33 bits per heavy atom. The zero-order valence-electron chi connectivity index (χ0n) is 11.1. The van der Waals surface area contributed by atoms with Crippen molar-refractivity contribution in [2.45, 2.75) is 0 Å². The molecule has 0 aliphatic heterocycles. The summed E-state index contributed by atoms with van der Waals surface area (Å²) in [6.07, 6.45) is 2.28. The van der Waals surface area contributed by atoms with Crippen LogP contribution >= 0.6 is 0 Å². The molecule has 0 radical (unpaired) electrons. The number of carboxylic acid groups (broad SMARTS) is 1. The van der Waals surface area contributed by atoms with E-state index in [9.17, 15) is 14.9 Å². The Labute approximate surface area is 118 Å². The van der Waals surface area contributed by atoms with E-state index in [1.165, 1.54) is 32.5 Å². The van der Waals surface area contributed by atoms with E-state index in [0.717, 1.165) is 10.9 Å². The van der Waals surface area contributed by atoms with Gasteiger partial charge in [-0.1, -0.05) is 0 Å². The first-order valence-electron chi connectivity index (χ1n) is 5.66. The van der Waals surface area contributed by atoms with Gasteiger partial charge in [-0.25, -0.2) is 9.48 Å². The molecule has 1 aromatic carbocycles. The summed E-state index contributed by atoms with van der Waals surface area (Å²) in [4.78, 5) is 21.4. The number of hydrogen-bond donors (Lipinski definition) is 1. The Morgan fingerprint density at radius 3 is 2.43 bits per heavy atom. The minimum atomic E-state index is -1.18. The molecule has 2 aromatic rings. The zero-order chi connectivity index (χ0) is 15.6. The molecule has 0 aliphatic rings. The summed E-state index contributed by atoms with van der Waals surface area (Å²) in [6, 6.07) is 2.55. The van der Waals surface area contributed by atoms with Crippen molar-refractivity contribution in [3.05, 3.63) is 40.2 Å². The number of aromatic carboxylic acids is 1. The fourth-order valence-corrected chi connectivity index (χ4v) is 1.75. The Hall–Kier alpha value is -3.10. The van der Waals surface area contributed by atoms with Crippen molar-refractivity contribution in [1.82, 2.24) is 9.78 Å². The van der Waals surface area contributed by atoms with Gasteiger partial charge in [-0.15, -0.1) is 0 Å². The van der Waals surface area contributed by atoms with Gasteiger partial charge >= 0.3 is 5.97 Å². The summed E-state index contributed by atoms with van der Waals surface area (Å²) in [5.41, 5.74) is -0.295. The second-order valence-corrected chi connectivity index (χ2v) is 3.93. The number of aromatic nitrogens is 2. The number of hydrogen-bond acceptors (Lipinski definition) is 6. The molecule has 110 valence electrons. The highest BCUT2D eigenvalue weighted by Crippen LogP contribution is 2.36. The van der Waals surface area contributed by atoms with Gasteiger partial charge in [0, 0.05) is 12.3 Å². The molecule has 0 saturated carbocycles. The maximum Gasteiger partial charge on any atom is 0.338 e. The molecule has 1 aromatic heterocycles. The predicted molar refractivity (Wildman–Crippen MR) is 70.3 cm³/mol. The quantitative estimate of drug-likeness (QED) is 0.655. The molecule has 9 nitrogen and oxygen atoms in total. The van der Waals surface area contributed by atoms with E-state index in [2.05, 4.69) is 5.10 Å². The molecule has 1 N–H and O–H groups in total. The van der Waals surface area contributed by atoms with Gasteiger partial charge in [0.2, 0.25) is 0 Å². The van der Waals surface area contributed by atoms with Crippen LogP contribution in [0.15, 0.2) is 24.5 Å². The standard InChI is InChI=1S/C12H11N3O6/c1-20-10-3-8(9(15(18)19)4-11(10)21-2)14-6-7(5-13-14)12(16)17/h3-6H,1-2H3,(H,16,17). The Morgan fingerprint density at radius 2 is 1.95 bits per heavy atom. The number of ether oxygens (including phenoxy) is 2. The van der Waals surface area contributed by atoms with Crippen molar-refractivity contribution < 1.29 is 24.3 Å². The number of nitro benzene ring substituents is 1. The largest absolute Gasteiger partial charge is 0.493 e. The van der Waals surface area contributed by atoms with Crippen LogP contribution in [0.3, 0.4) is 0 Å². The fourth-order valence-electron chi connectivity index (χ4n) is 1.75. The van der Waals surface area contributed by atoms with Crippen molar-refractivity contribution in [2.75, 3.05) is 14.2 Å².